The van der Waals surface area contributed by atoms with E-state index in [1.165, 1.54) is 11.3 Å². The summed E-state index contributed by atoms with van der Waals surface area (Å²) in [6.45, 7) is 2.57. The topological polar surface area (TPSA) is 48.4 Å². The second-order valence-electron chi connectivity index (χ2n) is 3.37. The average molecular weight is 281 g/mol. The van der Waals surface area contributed by atoms with Gasteiger partial charge in [-0.3, -0.25) is 0 Å². The summed E-state index contributed by atoms with van der Waals surface area (Å²) in [5, 5.41) is 2.40. The van der Waals surface area contributed by atoms with E-state index >= 15 is 0 Å². The van der Waals surface area contributed by atoms with Crippen LogP contribution in [-0.2, 0) is 4.18 Å². The van der Waals surface area contributed by atoms with Crippen LogP contribution in [0.3, 0.4) is 0 Å². The molecule has 0 saturated carbocycles. The minimum atomic E-state index is -0.549. The van der Waals surface area contributed by atoms with Gasteiger partial charge in [0, 0.05) is 23.9 Å². The molecule has 1 aromatic carbocycles. The van der Waals surface area contributed by atoms with Crippen LogP contribution in [0, 0.1) is 0 Å². The molecule has 0 saturated heterocycles. The molecule has 0 aliphatic heterocycles. The van der Waals surface area contributed by atoms with Crippen molar-refractivity contribution < 1.29 is 13.7 Å². The van der Waals surface area contributed by atoms with E-state index in [9.17, 15) is 4.79 Å². The van der Waals surface area contributed by atoms with Gasteiger partial charge in [0.15, 0.2) is 5.69 Å². The second kappa shape index (κ2) is 5.88. The Morgan fingerprint density at radius 1 is 1.39 bits per heavy atom. The van der Waals surface area contributed by atoms with E-state index in [1.807, 2.05) is 31.2 Å². The molecule has 0 bridgehead atoms. The van der Waals surface area contributed by atoms with Crippen molar-refractivity contribution in [3.63, 3.8) is 0 Å². The second-order valence-corrected chi connectivity index (χ2v) is 4.41. The maximum absolute atomic E-state index is 11.2. The molecular weight excluding hydrogens is 270 g/mol. The lowest BCUT2D eigenvalue weighted by Gasteiger charge is -2.02. The lowest BCUT2D eigenvalue weighted by atomic mass is 10.2. The maximum Gasteiger partial charge on any atom is 0.369 e. The summed E-state index contributed by atoms with van der Waals surface area (Å²) in [6, 6.07) is 7.55. The molecule has 0 radical (unpaired) electrons. The predicted octanol–water partition coefficient (Wildman–Crippen LogP) is 3.21. The van der Waals surface area contributed by atoms with Crippen LogP contribution in [0.2, 0.25) is 0 Å². The van der Waals surface area contributed by atoms with Crippen molar-refractivity contribution >= 4 is 30.2 Å². The Morgan fingerprint density at radius 2 is 2.11 bits per heavy atom. The SMILES string of the molecule is CCOc1ccc(-c2nc(C(=O)OS)cs2)cc1. The Hall–Kier alpha value is -1.53. The molecule has 0 spiro atoms. The normalized spacial score (nSPS) is 10.1. The maximum atomic E-state index is 11.2. The number of hydrogen-bond donors (Lipinski definition) is 1. The highest BCUT2D eigenvalue weighted by Crippen LogP contribution is 2.26. The van der Waals surface area contributed by atoms with Crippen LogP contribution in [0.1, 0.15) is 17.4 Å². The minimum absolute atomic E-state index is 0.263. The molecule has 0 unspecified atom stereocenters. The number of thiazole rings is 1. The first kappa shape index (κ1) is 12.9. The molecule has 2 rings (SSSR count). The Bertz CT molecular complexity index is 537. The zero-order chi connectivity index (χ0) is 13.0. The highest BCUT2D eigenvalue weighted by Gasteiger charge is 2.12. The molecule has 18 heavy (non-hydrogen) atoms. The lowest BCUT2D eigenvalue weighted by Crippen LogP contribution is -1.97. The monoisotopic (exact) mass is 281 g/mol. The largest absolute Gasteiger partial charge is 0.494 e. The van der Waals surface area contributed by atoms with Crippen molar-refractivity contribution in [2.75, 3.05) is 6.61 Å². The van der Waals surface area contributed by atoms with Gasteiger partial charge in [-0.2, -0.15) is 0 Å². The van der Waals surface area contributed by atoms with Crippen molar-refractivity contribution in [1.82, 2.24) is 4.98 Å². The standard InChI is InChI=1S/C12H11NO3S2/c1-2-15-9-5-3-8(4-6-9)11-13-10(7-18-11)12(14)16-17/h3-7,17H,2H2,1H3. The Kier molecular flexibility index (Phi) is 4.22. The quantitative estimate of drug-likeness (QED) is 0.690. The van der Waals surface area contributed by atoms with E-state index in [0.717, 1.165) is 16.3 Å². The van der Waals surface area contributed by atoms with E-state index in [2.05, 4.69) is 22.1 Å². The summed E-state index contributed by atoms with van der Waals surface area (Å²) in [6.07, 6.45) is 0. The predicted molar refractivity (Wildman–Crippen MR) is 73.1 cm³/mol. The molecule has 6 heteroatoms. The molecule has 0 aliphatic rings. The molecule has 0 N–H and O–H groups in total. The fraction of sp³-hybridized carbons (Fsp3) is 0.167. The summed E-state index contributed by atoms with van der Waals surface area (Å²) in [7, 11) is 0. The fourth-order valence-corrected chi connectivity index (χ4v) is 2.30. The van der Waals surface area contributed by atoms with Crippen LogP contribution < -0.4 is 4.74 Å². The molecule has 0 aliphatic carbocycles. The smallest absolute Gasteiger partial charge is 0.369 e. The molecule has 1 heterocycles. The molecule has 94 valence electrons. The molecule has 1 aromatic heterocycles. The van der Waals surface area contributed by atoms with Gasteiger partial charge in [-0.1, -0.05) is 0 Å². The minimum Gasteiger partial charge on any atom is -0.494 e. The van der Waals surface area contributed by atoms with Gasteiger partial charge in [-0.25, -0.2) is 9.78 Å². The number of carbonyl (C=O) groups is 1. The molecule has 0 amide bonds. The number of aromatic nitrogens is 1. The number of rotatable bonds is 4. The van der Waals surface area contributed by atoms with Crippen LogP contribution in [0.15, 0.2) is 29.6 Å². The van der Waals surface area contributed by atoms with Gasteiger partial charge in [0.05, 0.1) is 6.61 Å². The van der Waals surface area contributed by atoms with Gasteiger partial charge >= 0.3 is 5.97 Å². The number of thiol groups is 1. The van der Waals surface area contributed by atoms with Crippen molar-refractivity contribution in [1.29, 1.82) is 0 Å². The first-order valence-electron chi connectivity index (χ1n) is 5.29. The summed E-state index contributed by atoms with van der Waals surface area (Å²) in [5.41, 5.74) is 1.19. The van der Waals surface area contributed by atoms with Crippen molar-refractivity contribution in [3.8, 4) is 16.3 Å². The van der Waals surface area contributed by atoms with E-state index < -0.39 is 5.97 Å². The fourth-order valence-electron chi connectivity index (χ4n) is 1.41. The third-order valence-corrected chi connectivity index (χ3v) is 3.27. The number of carbonyl (C=O) groups excluding carboxylic acids is 1. The highest BCUT2D eigenvalue weighted by molar-refractivity contribution is 7.75. The van der Waals surface area contributed by atoms with Gasteiger partial charge in [0.2, 0.25) is 0 Å². The van der Waals surface area contributed by atoms with Crippen LogP contribution >= 0.6 is 24.2 Å². The van der Waals surface area contributed by atoms with Crippen molar-refractivity contribution in [2.24, 2.45) is 0 Å². The number of hydrogen-bond acceptors (Lipinski definition) is 6. The number of benzene rings is 1. The van der Waals surface area contributed by atoms with Gasteiger partial charge in [-0.05, 0) is 31.2 Å². The van der Waals surface area contributed by atoms with E-state index in [0.29, 0.717) is 6.61 Å². The Labute approximate surface area is 114 Å². The van der Waals surface area contributed by atoms with Gasteiger partial charge < -0.3 is 8.92 Å². The Balaban J connectivity index is 2.20. The van der Waals surface area contributed by atoms with Crippen molar-refractivity contribution in [2.45, 2.75) is 6.92 Å². The molecular formula is C12H11NO3S2. The van der Waals surface area contributed by atoms with Gasteiger partial charge in [0.25, 0.3) is 0 Å². The molecule has 0 atom stereocenters. The van der Waals surface area contributed by atoms with Crippen LogP contribution in [0.4, 0.5) is 0 Å². The van der Waals surface area contributed by atoms with Crippen LogP contribution in [0.25, 0.3) is 10.6 Å². The third kappa shape index (κ3) is 2.83. The first-order chi connectivity index (χ1) is 8.74. The van der Waals surface area contributed by atoms with Crippen molar-refractivity contribution in [3.05, 3.63) is 35.3 Å². The summed E-state index contributed by atoms with van der Waals surface area (Å²) >= 11 is 4.84. The number of nitrogens with zero attached hydrogens (tertiary/aromatic N) is 1. The Morgan fingerprint density at radius 3 is 2.72 bits per heavy atom. The van der Waals surface area contributed by atoms with Crippen LogP contribution in [-0.4, -0.2) is 17.6 Å². The van der Waals surface area contributed by atoms with Gasteiger partial charge in [0.1, 0.15) is 10.8 Å². The average Bonchev–Trinajstić information content (AvgIpc) is 2.89. The zero-order valence-corrected chi connectivity index (χ0v) is 11.3. The molecule has 4 nitrogen and oxygen atoms in total. The third-order valence-electron chi connectivity index (χ3n) is 2.21. The lowest BCUT2D eigenvalue weighted by molar-refractivity contribution is 0.0767. The summed E-state index contributed by atoms with van der Waals surface area (Å²) in [4.78, 5) is 15.4. The summed E-state index contributed by atoms with van der Waals surface area (Å²) < 4.78 is 9.67. The van der Waals surface area contributed by atoms with Gasteiger partial charge in [-0.15, -0.1) is 11.3 Å². The first-order valence-corrected chi connectivity index (χ1v) is 6.53. The highest BCUT2D eigenvalue weighted by atomic mass is 32.1. The number of ether oxygens (including phenoxy) is 1. The van der Waals surface area contributed by atoms with E-state index in [1.54, 1.807) is 5.38 Å². The van der Waals surface area contributed by atoms with E-state index in [4.69, 9.17) is 4.74 Å². The van der Waals surface area contributed by atoms with E-state index in [-0.39, 0.29) is 5.69 Å². The summed E-state index contributed by atoms with van der Waals surface area (Å²) in [5.74, 6) is 0.263. The van der Waals surface area contributed by atoms with Crippen LogP contribution in [0.5, 0.6) is 5.75 Å². The zero-order valence-electron chi connectivity index (χ0n) is 9.62. The molecule has 2 aromatic rings. The molecule has 0 fully saturated rings.